The molecule has 3 aliphatic rings. The van der Waals surface area contributed by atoms with E-state index in [9.17, 15) is 4.79 Å². The lowest BCUT2D eigenvalue weighted by Gasteiger charge is -2.42. The van der Waals surface area contributed by atoms with E-state index in [2.05, 4.69) is 34.9 Å². The van der Waals surface area contributed by atoms with Crippen LogP contribution in [0.2, 0.25) is 0 Å². The monoisotopic (exact) mass is 329 g/mol. The summed E-state index contributed by atoms with van der Waals surface area (Å²) in [6.07, 6.45) is 2.05. The third-order valence-corrected chi connectivity index (χ3v) is 5.68. The normalized spacial score (nSPS) is 24.7. The maximum absolute atomic E-state index is 12.1. The summed E-state index contributed by atoms with van der Waals surface area (Å²) in [5.41, 5.74) is 4.24. The zero-order valence-corrected chi connectivity index (χ0v) is 14.7. The third-order valence-electron chi connectivity index (χ3n) is 5.68. The Morgan fingerprint density at radius 1 is 1.25 bits per heavy atom. The second kappa shape index (κ2) is 6.19. The number of piperidine rings is 1. The first kappa shape index (κ1) is 15.6. The van der Waals surface area contributed by atoms with Gasteiger partial charge in [0.1, 0.15) is 0 Å². The smallest absolute Gasteiger partial charge is 0.409 e. The Hall–Kier alpha value is -1.91. The van der Waals surface area contributed by atoms with E-state index in [1.165, 1.54) is 23.4 Å². The molecule has 0 bridgehead atoms. The zero-order valence-electron chi connectivity index (χ0n) is 14.7. The Balaban J connectivity index is 1.64. The lowest BCUT2D eigenvalue weighted by molar-refractivity contribution is 0.0934. The summed E-state index contributed by atoms with van der Waals surface area (Å²) in [6.45, 7) is 9.47. The average Bonchev–Trinajstić information content (AvgIpc) is 2.93. The molecule has 130 valence electrons. The van der Waals surface area contributed by atoms with Crippen LogP contribution >= 0.6 is 0 Å². The van der Waals surface area contributed by atoms with E-state index in [-0.39, 0.29) is 6.09 Å². The molecule has 5 heteroatoms. The van der Waals surface area contributed by atoms with Crippen molar-refractivity contribution in [2.75, 3.05) is 49.1 Å². The Morgan fingerprint density at radius 3 is 2.92 bits per heavy atom. The molecule has 3 heterocycles. The minimum Gasteiger partial charge on any atom is -0.450 e. The first-order chi connectivity index (χ1) is 11.7. The van der Waals surface area contributed by atoms with Crippen molar-refractivity contribution in [1.82, 2.24) is 4.90 Å². The van der Waals surface area contributed by atoms with E-state index in [1.807, 2.05) is 11.8 Å². The SMILES string of the molecule is CCCN1CCN2c3c(cccc31)[C@@H]1CN(C(=O)OCC)CC[C@@H]12. The van der Waals surface area contributed by atoms with Crippen molar-refractivity contribution in [3.8, 4) is 0 Å². The number of anilines is 2. The van der Waals surface area contributed by atoms with Gasteiger partial charge in [-0.15, -0.1) is 0 Å². The molecular weight excluding hydrogens is 302 g/mol. The van der Waals surface area contributed by atoms with Crippen LogP contribution in [0.15, 0.2) is 18.2 Å². The van der Waals surface area contributed by atoms with Gasteiger partial charge in [-0.3, -0.25) is 0 Å². The summed E-state index contributed by atoms with van der Waals surface area (Å²) in [5.74, 6) is 0.416. The molecule has 0 aromatic heterocycles. The van der Waals surface area contributed by atoms with Gasteiger partial charge in [0.25, 0.3) is 0 Å². The van der Waals surface area contributed by atoms with Crippen LogP contribution in [-0.2, 0) is 4.74 Å². The van der Waals surface area contributed by atoms with Gasteiger partial charge in [-0.1, -0.05) is 19.1 Å². The molecular formula is C19H27N3O2. The fourth-order valence-corrected chi connectivity index (χ4v) is 4.71. The van der Waals surface area contributed by atoms with E-state index in [4.69, 9.17) is 4.74 Å². The number of hydrogen-bond donors (Lipinski definition) is 0. The summed E-state index contributed by atoms with van der Waals surface area (Å²) < 4.78 is 5.22. The highest BCUT2D eigenvalue weighted by molar-refractivity contribution is 5.81. The number of carbonyl (C=O) groups excluding carboxylic acids is 1. The van der Waals surface area contributed by atoms with Crippen LogP contribution in [0, 0.1) is 0 Å². The average molecular weight is 329 g/mol. The van der Waals surface area contributed by atoms with Crippen LogP contribution in [0.4, 0.5) is 16.2 Å². The molecule has 0 N–H and O–H groups in total. The van der Waals surface area contributed by atoms with E-state index < -0.39 is 0 Å². The van der Waals surface area contributed by atoms with Crippen molar-refractivity contribution in [2.24, 2.45) is 0 Å². The molecule has 4 rings (SSSR count). The Morgan fingerprint density at radius 2 is 2.12 bits per heavy atom. The molecule has 1 amide bonds. The number of rotatable bonds is 3. The number of amides is 1. The standard InChI is InChI=1S/C19H27N3O2/c1-3-9-20-11-12-22-16-8-10-21(19(23)24-4-2)13-15(16)14-6-5-7-17(20)18(14)22/h5-7,15-16H,3-4,8-13H2,1-2H3/t15-,16-/m0/s1. The lowest BCUT2D eigenvalue weighted by Crippen LogP contribution is -2.51. The van der Waals surface area contributed by atoms with Gasteiger partial charge in [-0.2, -0.15) is 0 Å². The zero-order chi connectivity index (χ0) is 16.7. The summed E-state index contributed by atoms with van der Waals surface area (Å²) >= 11 is 0. The van der Waals surface area contributed by atoms with Gasteiger partial charge in [0.2, 0.25) is 0 Å². The molecule has 2 atom stereocenters. The molecule has 1 aromatic carbocycles. The van der Waals surface area contributed by atoms with E-state index in [0.29, 0.717) is 18.6 Å². The lowest BCUT2D eigenvalue weighted by atomic mass is 9.89. The second-order valence-corrected chi connectivity index (χ2v) is 7.00. The highest BCUT2D eigenvalue weighted by Gasteiger charge is 2.45. The van der Waals surface area contributed by atoms with Crippen molar-refractivity contribution in [2.45, 2.75) is 38.6 Å². The molecule has 1 saturated heterocycles. The van der Waals surface area contributed by atoms with Crippen LogP contribution < -0.4 is 9.80 Å². The number of hydrogen-bond acceptors (Lipinski definition) is 4. The predicted molar refractivity (Wildman–Crippen MR) is 96.0 cm³/mol. The van der Waals surface area contributed by atoms with Crippen molar-refractivity contribution in [1.29, 1.82) is 0 Å². The molecule has 0 radical (unpaired) electrons. The third kappa shape index (κ3) is 2.33. The van der Waals surface area contributed by atoms with E-state index in [0.717, 1.165) is 39.1 Å². The summed E-state index contributed by atoms with van der Waals surface area (Å²) in [4.78, 5) is 19.2. The maximum Gasteiger partial charge on any atom is 0.409 e. The Labute approximate surface area is 144 Å². The largest absolute Gasteiger partial charge is 0.450 e. The first-order valence-electron chi connectivity index (χ1n) is 9.30. The quantitative estimate of drug-likeness (QED) is 0.854. The maximum atomic E-state index is 12.1. The number of nitrogens with zero attached hydrogens (tertiary/aromatic N) is 3. The number of likely N-dealkylation sites (tertiary alicyclic amines) is 1. The van der Waals surface area contributed by atoms with Crippen LogP contribution in [-0.4, -0.2) is 56.4 Å². The number of carbonyl (C=O) groups is 1. The predicted octanol–water partition coefficient (Wildman–Crippen LogP) is 3.05. The van der Waals surface area contributed by atoms with Gasteiger partial charge >= 0.3 is 6.09 Å². The summed E-state index contributed by atoms with van der Waals surface area (Å²) in [6, 6.07) is 7.25. The molecule has 5 nitrogen and oxygen atoms in total. The Bertz CT molecular complexity index is 633. The molecule has 3 aliphatic heterocycles. The number of para-hydroxylation sites is 1. The van der Waals surface area contributed by atoms with E-state index in [1.54, 1.807) is 0 Å². The molecule has 1 fully saturated rings. The van der Waals surface area contributed by atoms with Gasteiger partial charge in [-0.05, 0) is 31.4 Å². The highest BCUT2D eigenvalue weighted by Crippen LogP contribution is 2.50. The van der Waals surface area contributed by atoms with Crippen molar-refractivity contribution >= 4 is 17.5 Å². The number of fused-ring (bicyclic) bond motifs is 3. The molecule has 0 saturated carbocycles. The van der Waals surface area contributed by atoms with E-state index >= 15 is 0 Å². The fourth-order valence-electron chi connectivity index (χ4n) is 4.71. The van der Waals surface area contributed by atoms with Gasteiger partial charge in [0, 0.05) is 44.7 Å². The van der Waals surface area contributed by atoms with Gasteiger partial charge in [-0.25, -0.2) is 4.79 Å². The Kier molecular flexibility index (Phi) is 4.02. The van der Waals surface area contributed by atoms with Crippen LogP contribution in [0.5, 0.6) is 0 Å². The van der Waals surface area contributed by atoms with Crippen LogP contribution in [0.3, 0.4) is 0 Å². The molecule has 1 aromatic rings. The summed E-state index contributed by atoms with van der Waals surface area (Å²) in [5, 5.41) is 0. The number of benzene rings is 1. The fraction of sp³-hybridized carbons (Fsp3) is 0.632. The topological polar surface area (TPSA) is 36.0 Å². The van der Waals surface area contributed by atoms with Gasteiger partial charge < -0.3 is 19.4 Å². The van der Waals surface area contributed by atoms with Crippen LogP contribution in [0.1, 0.15) is 38.2 Å². The minimum atomic E-state index is -0.158. The molecule has 24 heavy (non-hydrogen) atoms. The second-order valence-electron chi connectivity index (χ2n) is 7.00. The highest BCUT2D eigenvalue weighted by atomic mass is 16.6. The molecule has 0 unspecified atom stereocenters. The van der Waals surface area contributed by atoms with Crippen molar-refractivity contribution in [3.05, 3.63) is 23.8 Å². The van der Waals surface area contributed by atoms with Gasteiger partial charge in [0.15, 0.2) is 0 Å². The van der Waals surface area contributed by atoms with Crippen molar-refractivity contribution in [3.63, 3.8) is 0 Å². The molecule has 0 aliphatic carbocycles. The summed E-state index contributed by atoms with van der Waals surface area (Å²) in [7, 11) is 0. The number of ether oxygens (including phenoxy) is 1. The van der Waals surface area contributed by atoms with Crippen molar-refractivity contribution < 1.29 is 9.53 Å². The minimum absolute atomic E-state index is 0.158. The van der Waals surface area contributed by atoms with Gasteiger partial charge in [0.05, 0.1) is 18.0 Å². The molecule has 0 spiro atoms. The first-order valence-corrected chi connectivity index (χ1v) is 9.30. The van der Waals surface area contributed by atoms with Crippen LogP contribution in [0.25, 0.3) is 0 Å².